The fraction of sp³-hybridized carbons (Fsp3) is 0.316. The van der Waals surface area contributed by atoms with Gasteiger partial charge in [0.2, 0.25) is 0 Å². The van der Waals surface area contributed by atoms with Crippen molar-refractivity contribution in [1.82, 2.24) is 5.32 Å². The van der Waals surface area contributed by atoms with Gasteiger partial charge in [-0.3, -0.25) is 9.10 Å². The van der Waals surface area contributed by atoms with Crippen LogP contribution in [0.4, 0.5) is 10.1 Å². The molecule has 7 nitrogen and oxygen atoms in total. The highest BCUT2D eigenvalue weighted by molar-refractivity contribution is 7.92. The zero-order chi connectivity index (χ0) is 20.7. The van der Waals surface area contributed by atoms with Crippen molar-refractivity contribution in [1.29, 1.82) is 0 Å². The Kier molecular flexibility index (Phi) is 7.50. The molecule has 28 heavy (non-hydrogen) atoms. The van der Waals surface area contributed by atoms with Gasteiger partial charge in [0.05, 0.1) is 29.7 Å². The fourth-order valence-corrected chi connectivity index (χ4v) is 4.01. The number of anilines is 1. The Labute approximate surface area is 163 Å². The van der Waals surface area contributed by atoms with Crippen molar-refractivity contribution in [2.24, 2.45) is 0 Å². The van der Waals surface area contributed by atoms with Gasteiger partial charge in [0.25, 0.3) is 10.0 Å². The van der Waals surface area contributed by atoms with E-state index < -0.39 is 27.9 Å². The van der Waals surface area contributed by atoms with Crippen LogP contribution in [0.3, 0.4) is 0 Å². The summed E-state index contributed by atoms with van der Waals surface area (Å²) < 4.78 is 40.5. The van der Waals surface area contributed by atoms with Gasteiger partial charge >= 0.3 is 5.97 Å². The largest absolute Gasteiger partial charge is 0.481 e. The number of hydrogen-bond acceptors (Lipinski definition) is 5. The normalized spacial score (nSPS) is 12.5. The van der Waals surface area contributed by atoms with E-state index in [0.29, 0.717) is 0 Å². The molecule has 0 amide bonds. The van der Waals surface area contributed by atoms with Gasteiger partial charge < -0.3 is 15.5 Å². The van der Waals surface area contributed by atoms with E-state index in [-0.39, 0.29) is 36.6 Å². The average Bonchev–Trinajstić information content (AvgIpc) is 2.64. The van der Waals surface area contributed by atoms with Gasteiger partial charge in [0.1, 0.15) is 5.82 Å². The van der Waals surface area contributed by atoms with Gasteiger partial charge in [-0.05, 0) is 43.3 Å². The van der Waals surface area contributed by atoms with Crippen LogP contribution in [0.15, 0.2) is 53.4 Å². The van der Waals surface area contributed by atoms with Gasteiger partial charge in [-0.2, -0.15) is 0 Å². The summed E-state index contributed by atoms with van der Waals surface area (Å²) in [6, 6.07) is 11.2. The van der Waals surface area contributed by atoms with Crippen molar-refractivity contribution in [3.05, 3.63) is 59.9 Å². The Morgan fingerprint density at radius 1 is 1.14 bits per heavy atom. The second-order valence-corrected chi connectivity index (χ2v) is 8.19. The number of carbonyl (C=O) groups is 1. The number of aliphatic hydroxyl groups is 1. The monoisotopic (exact) mass is 410 g/mol. The molecular formula is C19H23FN2O5S. The molecule has 0 aliphatic heterocycles. The maximum Gasteiger partial charge on any atom is 0.304 e. The van der Waals surface area contributed by atoms with E-state index in [2.05, 4.69) is 5.32 Å². The van der Waals surface area contributed by atoms with Crippen LogP contribution in [0.1, 0.15) is 12.0 Å². The van der Waals surface area contributed by atoms with Gasteiger partial charge in [0, 0.05) is 13.1 Å². The van der Waals surface area contributed by atoms with Gasteiger partial charge in [0.15, 0.2) is 0 Å². The maximum absolute atomic E-state index is 13.3. The zero-order valence-electron chi connectivity index (χ0n) is 15.4. The highest BCUT2D eigenvalue weighted by Crippen LogP contribution is 2.24. The minimum Gasteiger partial charge on any atom is -0.481 e. The lowest BCUT2D eigenvalue weighted by molar-refractivity contribution is -0.136. The van der Waals surface area contributed by atoms with E-state index in [1.54, 1.807) is 12.1 Å². The number of hydrogen-bond donors (Lipinski definition) is 3. The molecule has 0 bridgehead atoms. The molecule has 0 aliphatic carbocycles. The van der Waals surface area contributed by atoms with E-state index in [9.17, 15) is 22.7 Å². The fourth-order valence-electron chi connectivity index (χ4n) is 2.51. The van der Waals surface area contributed by atoms with E-state index in [0.717, 1.165) is 22.0 Å². The number of rotatable bonds is 10. The Morgan fingerprint density at radius 2 is 1.75 bits per heavy atom. The highest BCUT2D eigenvalue weighted by atomic mass is 32.2. The van der Waals surface area contributed by atoms with Crippen molar-refractivity contribution < 1.29 is 27.8 Å². The molecule has 0 unspecified atom stereocenters. The van der Waals surface area contributed by atoms with E-state index in [1.165, 1.54) is 24.3 Å². The number of carboxylic acids is 1. The van der Waals surface area contributed by atoms with Crippen LogP contribution >= 0.6 is 0 Å². The molecule has 0 radical (unpaired) electrons. The van der Waals surface area contributed by atoms with Gasteiger partial charge in [-0.15, -0.1) is 0 Å². The van der Waals surface area contributed by atoms with Crippen LogP contribution in [0.25, 0.3) is 0 Å². The molecule has 0 aliphatic rings. The summed E-state index contributed by atoms with van der Waals surface area (Å²) in [5, 5.41) is 21.7. The molecule has 0 heterocycles. The number of aliphatic hydroxyl groups excluding tert-OH is 1. The number of carboxylic acid groups (broad SMARTS) is 1. The maximum atomic E-state index is 13.3. The molecule has 9 heteroatoms. The minimum absolute atomic E-state index is 0.00833. The number of aliphatic carboxylic acids is 1. The Bertz CT molecular complexity index is 886. The first-order valence-corrected chi connectivity index (χ1v) is 10.1. The first-order chi connectivity index (χ1) is 13.2. The van der Waals surface area contributed by atoms with E-state index in [4.69, 9.17) is 5.11 Å². The molecule has 0 fully saturated rings. The van der Waals surface area contributed by atoms with Crippen molar-refractivity contribution in [3.63, 3.8) is 0 Å². The molecule has 2 aromatic carbocycles. The number of nitrogens with zero attached hydrogens (tertiary/aromatic N) is 1. The molecule has 3 N–H and O–H groups in total. The molecule has 0 saturated heterocycles. The quantitative estimate of drug-likeness (QED) is 0.515. The number of nitrogens with one attached hydrogen (secondary N) is 1. The number of benzene rings is 2. The summed E-state index contributed by atoms with van der Waals surface area (Å²) in [6.45, 7) is 1.71. The van der Waals surface area contributed by atoms with Crippen LogP contribution in [-0.4, -0.2) is 50.3 Å². The Hall–Kier alpha value is -2.49. The predicted octanol–water partition coefficient (Wildman–Crippen LogP) is 1.75. The van der Waals surface area contributed by atoms with Crippen LogP contribution in [0, 0.1) is 12.7 Å². The Morgan fingerprint density at radius 3 is 2.32 bits per heavy atom. The summed E-state index contributed by atoms with van der Waals surface area (Å²) >= 11 is 0. The number of halogens is 1. The second-order valence-electron chi connectivity index (χ2n) is 6.33. The smallest absolute Gasteiger partial charge is 0.304 e. The second kappa shape index (κ2) is 9.63. The molecule has 2 aromatic rings. The molecule has 2 rings (SSSR count). The van der Waals surface area contributed by atoms with Crippen molar-refractivity contribution in [2.45, 2.75) is 24.3 Å². The molecular weight excluding hydrogens is 387 g/mol. The average molecular weight is 410 g/mol. The van der Waals surface area contributed by atoms with Gasteiger partial charge in [-0.1, -0.05) is 17.7 Å². The lowest BCUT2D eigenvalue weighted by Gasteiger charge is -2.27. The topological polar surface area (TPSA) is 107 Å². The first-order valence-electron chi connectivity index (χ1n) is 8.65. The van der Waals surface area contributed by atoms with Crippen LogP contribution in [0.2, 0.25) is 0 Å². The summed E-state index contributed by atoms with van der Waals surface area (Å²) in [4.78, 5) is 10.6. The van der Waals surface area contributed by atoms with Crippen molar-refractivity contribution in [3.8, 4) is 0 Å². The zero-order valence-corrected chi connectivity index (χ0v) is 16.2. The Balaban J connectivity index is 2.23. The van der Waals surface area contributed by atoms with E-state index >= 15 is 0 Å². The molecule has 0 aromatic heterocycles. The third-order valence-corrected chi connectivity index (χ3v) is 5.80. The minimum atomic E-state index is -3.99. The lowest BCUT2D eigenvalue weighted by Crippen LogP contribution is -2.42. The van der Waals surface area contributed by atoms with Crippen molar-refractivity contribution >= 4 is 21.7 Å². The van der Waals surface area contributed by atoms with Crippen LogP contribution < -0.4 is 9.62 Å². The molecule has 1 atom stereocenters. The molecule has 0 spiro atoms. The summed E-state index contributed by atoms with van der Waals surface area (Å²) in [5.74, 6) is -1.48. The number of aryl methyl sites for hydroxylation is 1. The third kappa shape index (κ3) is 6.01. The third-order valence-electron chi connectivity index (χ3n) is 4.00. The molecule has 0 saturated carbocycles. The highest BCUT2D eigenvalue weighted by Gasteiger charge is 2.27. The summed E-state index contributed by atoms with van der Waals surface area (Å²) in [6.07, 6.45) is -1.21. The van der Waals surface area contributed by atoms with Crippen molar-refractivity contribution in [2.75, 3.05) is 23.9 Å². The SMILES string of the molecule is Cc1ccc(S(=O)(=O)N(C[C@H](O)CNCCC(=O)O)c2ccc(F)cc2)cc1. The van der Waals surface area contributed by atoms with Crippen LogP contribution in [0.5, 0.6) is 0 Å². The lowest BCUT2D eigenvalue weighted by atomic mass is 10.2. The molecule has 152 valence electrons. The summed E-state index contributed by atoms with van der Waals surface area (Å²) in [7, 11) is -3.99. The van der Waals surface area contributed by atoms with E-state index in [1.807, 2.05) is 6.92 Å². The van der Waals surface area contributed by atoms with Crippen LogP contribution in [-0.2, 0) is 14.8 Å². The number of sulfonamides is 1. The summed E-state index contributed by atoms with van der Waals surface area (Å²) in [5.41, 5.74) is 1.11. The first kappa shape index (κ1) is 21.8. The standard InChI is InChI=1S/C19H23FN2O5S/c1-14-2-8-18(9-3-14)28(26,27)22(16-6-4-15(20)5-7-16)13-17(23)12-21-11-10-19(24)25/h2-9,17,21,23H,10-13H2,1H3,(H,24,25)/t17-/m1/s1. The predicted molar refractivity (Wildman–Crippen MR) is 103 cm³/mol. The van der Waals surface area contributed by atoms with Gasteiger partial charge in [-0.25, -0.2) is 12.8 Å².